The molecule has 2 fully saturated rings. The van der Waals surface area contributed by atoms with E-state index in [-0.39, 0.29) is 5.56 Å². The monoisotopic (exact) mass is 409 g/mol. The van der Waals surface area contributed by atoms with E-state index >= 15 is 0 Å². The molecule has 2 saturated heterocycles. The summed E-state index contributed by atoms with van der Waals surface area (Å²) in [6.45, 7) is 5.58. The number of rotatable bonds is 3. The first-order valence-corrected chi connectivity index (χ1v) is 12.2. The van der Waals surface area contributed by atoms with Crippen molar-refractivity contribution in [3.05, 3.63) is 52.4 Å². The molecule has 4 heterocycles. The Hall–Kier alpha value is -1.56. The summed E-state index contributed by atoms with van der Waals surface area (Å²) in [5.41, 5.74) is 3.33. The Bertz CT molecular complexity index is 930. The van der Waals surface area contributed by atoms with Gasteiger partial charge in [-0.3, -0.25) is 9.69 Å². The number of thioether (sulfide) groups is 1. The van der Waals surface area contributed by atoms with Crippen molar-refractivity contribution in [1.29, 1.82) is 0 Å². The van der Waals surface area contributed by atoms with Crippen molar-refractivity contribution >= 4 is 11.8 Å². The molecule has 0 spiro atoms. The van der Waals surface area contributed by atoms with Crippen LogP contribution in [0.5, 0.6) is 0 Å². The van der Waals surface area contributed by atoms with Gasteiger partial charge in [0.15, 0.2) is 0 Å². The van der Waals surface area contributed by atoms with E-state index in [1.807, 2.05) is 0 Å². The van der Waals surface area contributed by atoms with Gasteiger partial charge in [-0.15, -0.1) is 11.8 Å². The third-order valence-corrected chi connectivity index (χ3v) is 7.98. The normalized spacial score (nSPS) is 25.7. The molecule has 3 aliphatic heterocycles. The first-order valence-electron chi connectivity index (χ1n) is 10.9. The Labute approximate surface area is 177 Å². The van der Waals surface area contributed by atoms with E-state index < -0.39 is 0 Å². The number of pyridine rings is 1. The first kappa shape index (κ1) is 19.4. The van der Waals surface area contributed by atoms with Gasteiger partial charge in [0.2, 0.25) is 0 Å². The summed E-state index contributed by atoms with van der Waals surface area (Å²) in [4.78, 5) is 19.8. The lowest BCUT2D eigenvalue weighted by Crippen LogP contribution is -2.53. The quantitative estimate of drug-likeness (QED) is 0.722. The zero-order valence-electron chi connectivity index (χ0n) is 17.5. The maximum atomic E-state index is 13.4. The van der Waals surface area contributed by atoms with Crippen LogP contribution in [0.3, 0.4) is 0 Å². The molecular weight excluding hydrogens is 378 g/mol. The van der Waals surface area contributed by atoms with Gasteiger partial charge in [-0.25, -0.2) is 0 Å². The highest BCUT2D eigenvalue weighted by Gasteiger charge is 2.37. The predicted molar refractivity (Wildman–Crippen MR) is 121 cm³/mol. The van der Waals surface area contributed by atoms with Gasteiger partial charge in [-0.2, -0.15) is 0 Å². The lowest BCUT2D eigenvalue weighted by Gasteiger charge is -2.47. The molecule has 154 valence electrons. The van der Waals surface area contributed by atoms with Gasteiger partial charge < -0.3 is 9.47 Å². The zero-order chi connectivity index (χ0) is 20.0. The molecule has 5 rings (SSSR count). The lowest BCUT2D eigenvalue weighted by molar-refractivity contribution is 0.0517. The average Bonchev–Trinajstić information content (AvgIpc) is 2.75. The summed E-state index contributed by atoms with van der Waals surface area (Å²) in [5.74, 6) is 1.11. The molecule has 1 aromatic carbocycles. The second-order valence-corrected chi connectivity index (χ2v) is 9.98. The van der Waals surface area contributed by atoms with Gasteiger partial charge in [-0.1, -0.05) is 12.1 Å². The number of aromatic nitrogens is 1. The highest BCUT2D eigenvalue weighted by molar-refractivity contribution is 7.98. The Morgan fingerprint density at radius 1 is 0.966 bits per heavy atom. The van der Waals surface area contributed by atoms with Crippen LogP contribution >= 0.6 is 11.8 Å². The van der Waals surface area contributed by atoms with Crippen LogP contribution in [0.1, 0.15) is 30.9 Å². The van der Waals surface area contributed by atoms with Crippen LogP contribution in [0.4, 0.5) is 0 Å². The van der Waals surface area contributed by atoms with Crippen LogP contribution in [-0.4, -0.2) is 59.9 Å². The van der Waals surface area contributed by atoms with Crippen LogP contribution in [0.2, 0.25) is 0 Å². The number of piperidine rings is 2. The van der Waals surface area contributed by atoms with Gasteiger partial charge in [0.1, 0.15) is 0 Å². The molecular formula is C24H31N3OS. The third-order valence-electron chi connectivity index (χ3n) is 7.24. The maximum Gasteiger partial charge on any atom is 0.258 e. The minimum Gasteiger partial charge on any atom is -0.311 e. The van der Waals surface area contributed by atoms with E-state index in [4.69, 9.17) is 0 Å². The van der Waals surface area contributed by atoms with E-state index in [1.54, 1.807) is 11.8 Å². The van der Waals surface area contributed by atoms with Crippen molar-refractivity contribution in [2.24, 2.45) is 5.92 Å². The fourth-order valence-electron chi connectivity index (χ4n) is 5.63. The average molecular weight is 410 g/mol. The molecule has 2 bridgehead atoms. The number of benzene rings is 1. The molecule has 0 amide bonds. The van der Waals surface area contributed by atoms with E-state index in [0.717, 1.165) is 36.8 Å². The number of hydrogen-bond donors (Lipinski definition) is 0. The molecule has 5 heteroatoms. The second-order valence-electron chi connectivity index (χ2n) is 9.10. The van der Waals surface area contributed by atoms with Crippen molar-refractivity contribution in [2.45, 2.75) is 42.7 Å². The molecule has 0 aliphatic carbocycles. The van der Waals surface area contributed by atoms with Crippen molar-refractivity contribution in [2.75, 3.05) is 39.5 Å². The van der Waals surface area contributed by atoms with Gasteiger partial charge in [0.05, 0.1) is 0 Å². The minimum absolute atomic E-state index is 0.196. The highest BCUT2D eigenvalue weighted by atomic mass is 32.2. The van der Waals surface area contributed by atoms with Gasteiger partial charge in [-0.05, 0) is 81.4 Å². The molecule has 1 aromatic heterocycles. The van der Waals surface area contributed by atoms with Crippen LogP contribution < -0.4 is 5.56 Å². The Morgan fingerprint density at radius 3 is 2.45 bits per heavy atom. The van der Waals surface area contributed by atoms with Gasteiger partial charge in [0.25, 0.3) is 5.56 Å². The second kappa shape index (κ2) is 7.93. The molecule has 0 radical (unpaired) electrons. The minimum atomic E-state index is 0.196. The Balaban J connectivity index is 1.41. The predicted octanol–water partition coefficient (Wildman–Crippen LogP) is 3.75. The molecule has 2 atom stereocenters. The van der Waals surface area contributed by atoms with Crippen molar-refractivity contribution < 1.29 is 0 Å². The first-order chi connectivity index (χ1) is 14.1. The zero-order valence-corrected chi connectivity index (χ0v) is 18.3. The standard InChI is InChI=1S/C24H31N3OS/c1-25-11-9-20(10-12-25)26-14-17-13-19(16-26)23-8-7-22(24(28)27(23)15-17)18-3-5-21(29-2)6-4-18/h3-8,17,19-20H,9-16H2,1-2H3/t17-,19+/m0/s1. The van der Waals surface area contributed by atoms with Crippen molar-refractivity contribution in [3.63, 3.8) is 0 Å². The van der Waals surface area contributed by atoms with Crippen molar-refractivity contribution in [3.8, 4) is 11.1 Å². The summed E-state index contributed by atoms with van der Waals surface area (Å²) < 4.78 is 2.10. The molecule has 4 nitrogen and oxygen atoms in total. The summed E-state index contributed by atoms with van der Waals surface area (Å²) in [5, 5.41) is 0. The number of fused-ring (bicyclic) bond motifs is 4. The summed E-state index contributed by atoms with van der Waals surface area (Å²) in [6.07, 6.45) is 5.89. The highest BCUT2D eigenvalue weighted by Crippen LogP contribution is 2.37. The molecule has 3 aliphatic rings. The SMILES string of the molecule is CSc1ccc(-c2ccc3n(c2=O)C[C@H]2C[C@@H]3CN(C3CCN(C)CC3)C2)cc1. The lowest BCUT2D eigenvalue weighted by atomic mass is 9.81. The van der Waals surface area contributed by atoms with Crippen LogP contribution in [-0.2, 0) is 6.54 Å². The molecule has 0 N–H and O–H groups in total. The summed E-state index contributed by atoms with van der Waals surface area (Å²) in [6, 6.07) is 13.4. The fourth-order valence-corrected chi connectivity index (χ4v) is 6.04. The number of hydrogen-bond acceptors (Lipinski definition) is 4. The molecule has 2 aromatic rings. The van der Waals surface area contributed by atoms with Crippen LogP contribution in [0.25, 0.3) is 11.1 Å². The van der Waals surface area contributed by atoms with Crippen LogP contribution in [0, 0.1) is 5.92 Å². The van der Waals surface area contributed by atoms with E-state index in [9.17, 15) is 4.79 Å². The fraction of sp³-hybridized carbons (Fsp3) is 0.542. The Morgan fingerprint density at radius 2 is 1.72 bits per heavy atom. The molecule has 0 saturated carbocycles. The smallest absolute Gasteiger partial charge is 0.258 e. The van der Waals surface area contributed by atoms with E-state index in [1.165, 1.54) is 42.9 Å². The summed E-state index contributed by atoms with van der Waals surface area (Å²) in [7, 11) is 2.23. The van der Waals surface area contributed by atoms with Crippen molar-refractivity contribution in [1.82, 2.24) is 14.4 Å². The largest absolute Gasteiger partial charge is 0.311 e. The topological polar surface area (TPSA) is 28.5 Å². The Kier molecular flexibility index (Phi) is 5.31. The van der Waals surface area contributed by atoms with E-state index in [0.29, 0.717) is 11.8 Å². The van der Waals surface area contributed by atoms with Gasteiger partial charge in [0, 0.05) is 47.7 Å². The summed E-state index contributed by atoms with van der Waals surface area (Å²) >= 11 is 1.73. The molecule has 29 heavy (non-hydrogen) atoms. The van der Waals surface area contributed by atoms with E-state index in [2.05, 4.69) is 64.1 Å². The van der Waals surface area contributed by atoms with Gasteiger partial charge >= 0.3 is 0 Å². The number of likely N-dealkylation sites (tertiary alicyclic amines) is 2. The van der Waals surface area contributed by atoms with Crippen LogP contribution in [0.15, 0.2) is 46.1 Å². The maximum absolute atomic E-state index is 13.4. The number of nitrogens with zero attached hydrogens (tertiary/aromatic N) is 3. The molecule has 0 unspecified atom stereocenters. The third kappa shape index (κ3) is 3.69.